The minimum absolute atomic E-state index is 0.0205. The van der Waals surface area contributed by atoms with E-state index < -0.39 is 52.3 Å². The normalized spacial score (nSPS) is 11.7. The molecule has 1 atom stereocenters. The van der Waals surface area contributed by atoms with Crippen LogP contribution in [0.15, 0.2) is 83.7 Å². The summed E-state index contributed by atoms with van der Waals surface area (Å²) in [5.41, 5.74) is 5.08. The molecule has 0 unspecified atom stereocenters. The number of ketones is 1. The van der Waals surface area contributed by atoms with Crippen LogP contribution in [0.5, 0.6) is 5.75 Å². The van der Waals surface area contributed by atoms with Gasteiger partial charge in [0.05, 0.1) is 12.2 Å². The number of anilines is 1. The fourth-order valence-corrected chi connectivity index (χ4v) is 4.21. The number of carboxylic acids is 1. The van der Waals surface area contributed by atoms with E-state index in [2.05, 4.69) is 5.32 Å². The maximum absolute atomic E-state index is 15.1. The van der Waals surface area contributed by atoms with Crippen molar-refractivity contribution in [2.45, 2.75) is 18.9 Å². The topological polar surface area (TPSA) is 124 Å². The predicted octanol–water partition coefficient (Wildman–Crippen LogP) is 4.12. The number of nitrogen functional groups attached to an aromatic ring is 1. The van der Waals surface area contributed by atoms with E-state index in [0.717, 1.165) is 42.0 Å². The van der Waals surface area contributed by atoms with Crippen molar-refractivity contribution in [2.24, 2.45) is 0 Å². The fraction of sp³-hybridized carbons (Fsp3) is 0.167. The molecule has 0 radical (unpaired) electrons. The highest BCUT2D eigenvalue weighted by Gasteiger charge is 2.22. The van der Waals surface area contributed by atoms with Crippen molar-refractivity contribution in [1.82, 2.24) is 9.88 Å². The summed E-state index contributed by atoms with van der Waals surface area (Å²) in [6.45, 7) is 0.292. The number of hydrogen-bond donors (Lipinski definition) is 3. The monoisotopic (exact) mass is 565 g/mol. The molecule has 0 amide bonds. The number of pyridine rings is 1. The van der Waals surface area contributed by atoms with E-state index >= 15 is 8.78 Å². The number of benzene rings is 3. The van der Waals surface area contributed by atoms with Gasteiger partial charge in [0.1, 0.15) is 29.1 Å². The van der Waals surface area contributed by atoms with Crippen LogP contribution in [0.4, 0.5) is 19.0 Å². The average Bonchev–Trinajstić information content (AvgIpc) is 2.94. The van der Waals surface area contributed by atoms with Crippen molar-refractivity contribution >= 4 is 17.6 Å². The number of carbonyl (C=O) groups is 2. The molecule has 4 aromatic rings. The molecular formula is C30H26F3N3O5. The summed E-state index contributed by atoms with van der Waals surface area (Å²) in [4.78, 5) is 37.0. The van der Waals surface area contributed by atoms with Gasteiger partial charge in [-0.15, -0.1) is 0 Å². The summed E-state index contributed by atoms with van der Waals surface area (Å²) in [7, 11) is 0. The minimum Gasteiger partial charge on any atom is -0.493 e. The zero-order valence-corrected chi connectivity index (χ0v) is 21.6. The van der Waals surface area contributed by atoms with E-state index in [1.807, 2.05) is 30.3 Å². The summed E-state index contributed by atoms with van der Waals surface area (Å²) >= 11 is 0. The van der Waals surface area contributed by atoms with Gasteiger partial charge in [0.15, 0.2) is 17.4 Å². The van der Waals surface area contributed by atoms with Crippen molar-refractivity contribution in [3.05, 3.63) is 123 Å². The summed E-state index contributed by atoms with van der Waals surface area (Å²) in [5, 5.41) is 12.4. The largest absolute Gasteiger partial charge is 0.493 e. The lowest BCUT2D eigenvalue weighted by Gasteiger charge is -2.16. The van der Waals surface area contributed by atoms with Gasteiger partial charge in [-0.2, -0.15) is 0 Å². The summed E-state index contributed by atoms with van der Waals surface area (Å²) in [5.74, 6) is -5.21. The molecule has 41 heavy (non-hydrogen) atoms. The molecule has 0 bridgehead atoms. The van der Waals surface area contributed by atoms with Crippen LogP contribution in [-0.2, 0) is 11.2 Å². The third-order valence-corrected chi connectivity index (χ3v) is 6.26. The second-order valence-electron chi connectivity index (χ2n) is 9.11. The number of carboxylic acid groups (broad SMARTS) is 1. The molecular weight excluding hydrogens is 539 g/mol. The first-order chi connectivity index (χ1) is 19.7. The molecule has 1 heterocycles. The van der Waals surface area contributed by atoms with Crippen molar-refractivity contribution < 1.29 is 32.6 Å². The van der Waals surface area contributed by atoms with Gasteiger partial charge in [0.25, 0.3) is 5.56 Å². The molecule has 8 nitrogen and oxygen atoms in total. The molecule has 212 valence electrons. The number of halogens is 3. The van der Waals surface area contributed by atoms with Gasteiger partial charge in [-0.1, -0.05) is 30.3 Å². The highest BCUT2D eigenvalue weighted by Crippen LogP contribution is 2.27. The first kappa shape index (κ1) is 29.1. The maximum atomic E-state index is 15.1. The van der Waals surface area contributed by atoms with Gasteiger partial charge in [-0.3, -0.25) is 19.0 Å². The number of aliphatic carboxylic acids is 1. The van der Waals surface area contributed by atoms with Crippen LogP contribution in [0.1, 0.15) is 27.9 Å². The number of ether oxygens (including phenoxy) is 1. The molecule has 1 aromatic heterocycles. The van der Waals surface area contributed by atoms with Crippen LogP contribution in [-0.4, -0.2) is 40.6 Å². The van der Waals surface area contributed by atoms with Crippen LogP contribution in [0.3, 0.4) is 0 Å². The first-order valence-electron chi connectivity index (χ1n) is 12.6. The minimum atomic E-state index is -1.16. The molecule has 0 fully saturated rings. The lowest BCUT2D eigenvalue weighted by molar-refractivity contribution is -0.139. The predicted molar refractivity (Wildman–Crippen MR) is 146 cm³/mol. The highest BCUT2D eigenvalue weighted by molar-refractivity contribution is 6.11. The number of aromatic nitrogens is 1. The third kappa shape index (κ3) is 7.00. The lowest BCUT2D eigenvalue weighted by atomic mass is 10.0. The second-order valence-corrected chi connectivity index (χ2v) is 9.11. The summed E-state index contributed by atoms with van der Waals surface area (Å²) in [6, 6.07) is 16.7. The van der Waals surface area contributed by atoms with Crippen LogP contribution < -0.4 is 21.3 Å². The van der Waals surface area contributed by atoms with Crippen molar-refractivity contribution in [1.29, 1.82) is 0 Å². The van der Waals surface area contributed by atoms with E-state index in [1.165, 1.54) is 12.1 Å². The lowest BCUT2D eigenvalue weighted by Crippen LogP contribution is -2.39. The Hall–Kier alpha value is -4.90. The Morgan fingerprint density at radius 3 is 2.24 bits per heavy atom. The Bertz CT molecular complexity index is 1590. The van der Waals surface area contributed by atoms with E-state index in [9.17, 15) is 23.9 Å². The number of rotatable bonds is 12. The molecule has 0 aliphatic carbocycles. The zero-order valence-electron chi connectivity index (χ0n) is 21.6. The zero-order chi connectivity index (χ0) is 29.5. The Labute approximate surface area is 232 Å². The van der Waals surface area contributed by atoms with Gasteiger partial charge in [-0.05, 0) is 55.3 Å². The third-order valence-electron chi connectivity index (χ3n) is 6.26. The Balaban J connectivity index is 1.44. The van der Waals surface area contributed by atoms with Crippen molar-refractivity contribution in [3.63, 3.8) is 0 Å². The number of nitrogens with one attached hydrogen (secondary N) is 1. The van der Waals surface area contributed by atoms with E-state index in [4.69, 9.17) is 10.5 Å². The molecule has 0 spiro atoms. The molecule has 4 N–H and O–H groups in total. The van der Waals surface area contributed by atoms with Gasteiger partial charge >= 0.3 is 5.97 Å². The van der Waals surface area contributed by atoms with Gasteiger partial charge < -0.3 is 20.9 Å². The highest BCUT2D eigenvalue weighted by atomic mass is 19.1. The number of nitrogens with two attached hydrogens (primary N) is 1. The SMILES string of the molecule is Nc1c(C(=O)c2ccc(F)cc2)ccc(=O)n1-c1c(F)cc(OCCCN[C@@H](Cc2ccccc2)C(=O)O)cc1F. The number of nitrogens with zero attached hydrogens (tertiary/aromatic N) is 1. The fourth-order valence-electron chi connectivity index (χ4n) is 4.21. The van der Waals surface area contributed by atoms with Crippen molar-refractivity contribution in [3.8, 4) is 11.4 Å². The second kappa shape index (κ2) is 13.0. The Morgan fingerprint density at radius 1 is 0.951 bits per heavy atom. The van der Waals surface area contributed by atoms with Crippen LogP contribution in [0.2, 0.25) is 0 Å². The Kier molecular flexibility index (Phi) is 9.20. The summed E-state index contributed by atoms with van der Waals surface area (Å²) in [6.07, 6.45) is 0.623. The van der Waals surface area contributed by atoms with Crippen LogP contribution in [0, 0.1) is 17.5 Å². The standard InChI is InChI=1S/C30H26F3N3O5/c31-20-9-7-19(8-10-20)28(38)22-11-12-26(37)36(29(22)34)27-23(32)16-21(17-24(27)33)41-14-4-13-35-25(30(39)40)15-18-5-2-1-3-6-18/h1-3,5-12,16-17,25,35H,4,13-15,34H2,(H,39,40)/t25-/m0/s1. The molecule has 3 aromatic carbocycles. The van der Waals surface area contributed by atoms with Gasteiger partial charge in [0.2, 0.25) is 0 Å². The smallest absolute Gasteiger partial charge is 0.321 e. The summed E-state index contributed by atoms with van der Waals surface area (Å²) < 4.78 is 49.4. The first-order valence-corrected chi connectivity index (χ1v) is 12.6. The molecule has 0 saturated heterocycles. The molecule has 0 saturated carbocycles. The molecule has 4 rings (SSSR count). The van der Waals surface area contributed by atoms with Crippen LogP contribution in [0.25, 0.3) is 5.69 Å². The quantitative estimate of drug-likeness (QED) is 0.174. The maximum Gasteiger partial charge on any atom is 0.321 e. The van der Waals surface area contributed by atoms with Crippen LogP contribution >= 0.6 is 0 Å². The van der Waals surface area contributed by atoms with E-state index in [0.29, 0.717) is 11.0 Å². The molecule has 0 aliphatic heterocycles. The van der Waals surface area contributed by atoms with E-state index in [1.54, 1.807) is 0 Å². The molecule has 0 aliphatic rings. The van der Waals surface area contributed by atoms with Gasteiger partial charge in [-0.25, -0.2) is 13.2 Å². The number of hydrogen-bond acceptors (Lipinski definition) is 6. The Morgan fingerprint density at radius 2 is 1.61 bits per heavy atom. The molecule has 11 heteroatoms. The van der Waals surface area contributed by atoms with Crippen molar-refractivity contribution in [2.75, 3.05) is 18.9 Å². The van der Waals surface area contributed by atoms with Gasteiger partial charge in [0, 0.05) is 23.8 Å². The van der Waals surface area contributed by atoms with E-state index in [-0.39, 0.29) is 36.4 Å². The average molecular weight is 566 g/mol. The number of carbonyl (C=O) groups excluding carboxylic acids is 1.